The molecule has 0 saturated carbocycles. The second-order valence-electron chi connectivity index (χ2n) is 4.93. The number of thioether (sulfide) groups is 1. The highest BCUT2D eigenvalue weighted by Crippen LogP contribution is 2.43. The molecule has 0 aromatic heterocycles. The van der Waals surface area contributed by atoms with E-state index >= 15 is 0 Å². The third-order valence-electron chi connectivity index (χ3n) is 3.27. The van der Waals surface area contributed by atoms with E-state index in [1.165, 1.54) is 13.0 Å². The lowest BCUT2D eigenvalue weighted by molar-refractivity contribution is -0.181. The first kappa shape index (κ1) is 18.5. The lowest BCUT2D eigenvalue weighted by Crippen LogP contribution is -2.37. The van der Waals surface area contributed by atoms with E-state index in [-0.39, 0.29) is 33.7 Å². The van der Waals surface area contributed by atoms with Crippen molar-refractivity contribution in [3.05, 3.63) is 33.2 Å². The quantitative estimate of drug-likeness (QED) is 0.794. The van der Waals surface area contributed by atoms with Crippen LogP contribution in [0.3, 0.4) is 0 Å². The van der Waals surface area contributed by atoms with Gasteiger partial charge in [0, 0.05) is 15.5 Å². The molecule has 2 rings (SSSR count). The Balaban J connectivity index is 2.54. The maximum absolute atomic E-state index is 13.1. The first-order valence-corrected chi connectivity index (χ1v) is 7.62. The molecule has 130 valence electrons. The van der Waals surface area contributed by atoms with Crippen LogP contribution >= 0.6 is 23.4 Å². The zero-order valence-corrected chi connectivity index (χ0v) is 13.5. The van der Waals surface area contributed by atoms with Crippen LogP contribution in [0.1, 0.15) is 24.0 Å². The van der Waals surface area contributed by atoms with Gasteiger partial charge in [-0.3, -0.25) is 4.79 Å². The highest BCUT2D eigenvalue weighted by Gasteiger charge is 2.47. The number of hydrogen-bond donors (Lipinski definition) is 2. The minimum atomic E-state index is -4.83. The number of rotatable bonds is 3. The van der Waals surface area contributed by atoms with Crippen LogP contribution in [-0.2, 0) is 4.79 Å². The molecule has 0 spiro atoms. The van der Waals surface area contributed by atoms with Crippen LogP contribution in [0.4, 0.5) is 18.0 Å². The number of halogens is 4. The van der Waals surface area contributed by atoms with E-state index in [1.807, 2.05) is 0 Å². The molecule has 0 radical (unpaired) electrons. The first-order chi connectivity index (χ1) is 11.0. The summed E-state index contributed by atoms with van der Waals surface area (Å²) in [5, 5.41) is 16.3. The summed E-state index contributed by atoms with van der Waals surface area (Å²) in [5.41, 5.74) is 0.247. The highest BCUT2D eigenvalue weighted by atomic mass is 35.5. The third-order valence-corrected chi connectivity index (χ3v) is 4.34. The summed E-state index contributed by atoms with van der Waals surface area (Å²) in [4.78, 5) is 21.3. The van der Waals surface area contributed by atoms with Crippen molar-refractivity contribution in [2.75, 3.05) is 0 Å². The van der Waals surface area contributed by atoms with E-state index in [0.29, 0.717) is 0 Å². The summed E-state index contributed by atoms with van der Waals surface area (Å²) in [6.07, 6.45) is -6.25. The van der Waals surface area contributed by atoms with Crippen molar-refractivity contribution < 1.29 is 37.7 Å². The zero-order chi connectivity index (χ0) is 18.2. The molecule has 0 amide bonds. The molecule has 1 heterocycles. The highest BCUT2D eigenvalue weighted by molar-refractivity contribution is 8.16. The van der Waals surface area contributed by atoms with Gasteiger partial charge in [0.2, 0.25) is 6.10 Å². The second-order valence-corrected chi connectivity index (χ2v) is 6.36. The number of ether oxygens (including phenoxy) is 1. The molecule has 2 unspecified atom stereocenters. The van der Waals surface area contributed by atoms with E-state index in [2.05, 4.69) is 0 Å². The molecule has 0 saturated heterocycles. The number of carboxylic acids is 1. The number of hydrogen-bond acceptors (Lipinski definition) is 4. The van der Waals surface area contributed by atoms with Gasteiger partial charge in [0.15, 0.2) is 0 Å². The fourth-order valence-electron chi connectivity index (χ4n) is 2.09. The van der Waals surface area contributed by atoms with Gasteiger partial charge in [-0.25, -0.2) is 4.79 Å². The second kappa shape index (κ2) is 6.56. The Morgan fingerprint density at radius 1 is 1.33 bits per heavy atom. The normalized spacial score (nSPS) is 18.2. The van der Waals surface area contributed by atoms with Gasteiger partial charge in [-0.1, -0.05) is 11.6 Å². The maximum atomic E-state index is 13.1. The van der Waals surface area contributed by atoms with Gasteiger partial charge in [-0.05, 0) is 42.5 Å². The van der Waals surface area contributed by atoms with Gasteiger partial charge in [-0.2, -0.15) is 13.2 Å². The molecule has 5 nitrogen and oxygen atoms in total. The lowest BCUT2D eigenvalue weighted by Gasteiger charge is -2.28. The summed E-state index contributed by atoms with van der Waals surface area (Å²) in [7, 11) is 0. The monoisotopic (exact) mass is 382 g/mol. The molecule has 1 aliphatic heterocycles. The van der Waals surface area contributed by atoms with Crippen molar-refractivity contribution >= 4 is 40.7 Å². The van der Waals surface area contributed by atoms with E-state index in [0.717, 1.165) is 12.1 Å². The predicted octanol–water partition coefficient (Wildman–Crippen LogP) is 4.60. The summed E-state index contributed by atoms with van der Waals surface area (Å²) < 4.78 is 44.2. The molecule has 1 aromatic carbocycles. The summed E-state index contributed by atoms with van der Waals surface area (Å²) >= 11 is 5.98. The fraction of sp³-hybridized carbons (Fsp3) is 0.286. The molecule has 10 heteroatoms. The maximum Gasteiger partial charge on any atom is 0.430 e. The first-order valence-electron chi connectivity index (χ1n) is 6.42. The molecule has 0 bridgehead atoms. The topological polar surface area (TPSA) is 83.8 Å². The molecule has 1 aromatic rings. The summed E-state index contributed by atoms with van der Waals surface area (Å²) in [6, 6.07) is 2.38. The standard InChI is InChI=1S/C14H10ClF3O5S/c1-5(12(19)20)7-4-9-6(2-8(7)15)3-10(24-13(21)22)11(23-9)14(16,17)18/h2-5,11H,1H3,(H,19,20)(H,21,22). The zero-order valence-electron chi connectivity index (χ0n) is 11.9. The fourth-order valence-corrected chi connectivity index (χ4v) is 3.10. The molecule has 2 atom stereocenters. The lowest BCUT2D eigenvalue weighted by atomic mass is 9.98. The molecule has 0 aliphatic carbocycles. The molecule has 2 N–H and O–H groups in total. The summed E-state index contributed by atoms with van der Waals surface area (Å²) in [5.74, 6) is -2.45. The number of alkyl halides is 3. The van der Waals surface area contributed by atoms with Crippen molar-refractivity contribution in [2.45, 2.75) is 25.1 Å². The van der Waals surface area contributed by atoms with Crippen LogP contribution in [0.15, 0.2) is 17.0 Å². The van der Waals surface area contributed by atoms with Crippen molar-refractivity contribution in [2.24, 2.45) is 0 Å². The minimum Gasteiger partial charge on any atom is -0.481 e. The Hall–Kier alpha value is -1.87. The number of benzene rings is 1. The van der Waals surface area contributed by atoms with Crippen LogP contribution in [0.2, 0.25) is 5.02 Å². The van der Waals surface area contributed by atoms with Gasteiger partial charge in [0.1, 0.15) is 5.75 Å². The van der Waals surface area contributed by atoms with Crippen LogP contribution in [0, 0.1) is 0 Å². The van der Waals surface area contributed by atoms with E-state index < -0.39 is 34.4 Å². The number of carbonyl (C=O) groups is 2. The van der Waals surface area contributed by atoms with Gasteiger partial charge < -0.3 is 14.9 Å². The van der Waals surface area contributed by atoms with Crippen molar-refractivity contribution in [1.82, 2.24) is 0 Å². The van der Waals surface area contributed by atoms with Gasteiger partial charge in [0.25, 0.3) is 0 Å². The number of fused-ring (bicyclic) bond motifs is 1. The molecular formula is C14H10ClF3O5S. The van der Waals surface area contributed by atoms with E-state index in [1.54, 1.807) is 0 Å². The summed E-state index contributed by atoms with van der Waals surface area (Å²) in [6.45, 7) is 1.33. The SMILES string of the molecule is CC(C(=O)O)c1cc2c(cc1Cl)C=C(SC(=O)O)C(C(F)(F)F)O2. The average molecular weight is 383 g/mol. The Morgan fingerprint density at radius 3 is 2.46 bits per heavy atom. The van der Waals surface area contributed by atoms with E-state index in [4.69, 9.17) is 26.6 Å². The molecular weight excluding hydrogens is 373 g/mol. The van der Waals surface area contributed by atoms with Gasteiger partial charge in [0.05, 0.1) is 5.92 Å². The van der Waals surface area contributed by atoms with Crippen molar-refractivity contribution in [3.63, 3.8) is 0 Å². The van der Waals surface area contributed by atoms with Crippen molar-refractivity contribution in [3.8, 4) is 5.75 Å². The molecule has 24 heavy (non-hydrogen) atoms. The van der Waals surface area contributed by atoms with Crippen LogP contribution in [-0.4, -0.2) is 33.8 Å². The molecule has 1 aliphatic rings. The van der Waals surface area contributed by atoms with Gasteiger partial charge >= 0.3 is 17.4 Å². The smallest absolute Gasteiger partial charge is 0.430 e. The largest absolute Gasteiger partial charge is 0.481 e. The minimum absolute atomic E-state index is 0.00923. The van der Waals surface area contributed by atoms with Gasteiger partial charge in [-0.15, -0.1) is 0 Å². The van der Waals surface area contributed by atoms with Crippen molar-refractivity contribution in [1.29, 1.82) is 0 Å². The Labute approximate surface area is 143 Å². The van der Waals surface area contributed by atoms with Crippen LogP contribution in [0.5, 0.6) is 5.75 Å². The number of aliphatic carboxylic acids is 1. The Kier molecular flexibility index (Phi) is 5.05. The Bertz CT molecular complexity index is 732. The predicted molar refractivity (Wildman–Crippen MR) is 81.6 cm³/mol. The van der Waals surface area contributed by atoms with E-state index in [9.17, 15) is 22.8 Å². The average Bonchev–Trinajstić information content (AvgIpc) is 2.43. The Morgan fingerprint density at radius 2 is 1.96 bits per heavy atom. The van der Waals surface area contributed by atoms with Crippen LogP contribution < -0.4 is 4.74 Å². The molecule has 0 fully saturated rings. The third kappa shape index (κ3) is 3.78. The van der Waals surface area contributed by atoms with Crippen LogP contribution in [0.25, 0.3) is 6.08 Å². The number of carboxylic acid groups (broad SMARTS) is 2.